The van der Waals surface area contributed by atoms with E-state index >= 15 is 0 Å². The first-order valence-electron chi connectivity index (χ1n) is 8.25. The minimum Gasteiger partial charge on any atom is -0.463 e. The van der Waals surface area contributed by atoms with Crippen molar-refractivity contribution < 1.29 is 9.53 Å². The second-order valence-electron chi connectivity index (χ2n) is 6.46. The lowest BCUT2D eigenvalue weighted by atomic mass is 10.0. The number of benzene rings is 1. The van der Waals surface area contributed by atoms with E-state index in [1.54, 1.807) is 12.4 Å². The van der Waals surface area contributed by atoms with Gasteiger partial charge in [-0.05, 0) is 30.4 Å². The van der Waals surface area contributed by atoms with E-state index in [9.17, 15) is 4.79 Å². The van der Waals surface area contributed by atoms with E-state index in [1.807, 2.05) is 19.1 Å². The van der Waals surface area contributed by atoms with Crippen LogP contribution >= 0.6 is 0 Å². The molecule has 0 saturated heterocycles. The lowest BCUT2D eigenvalue weighted by Gasteiger charge is -2.12. The molecule has 0 saturated carbocycles. The van der Waals surface area contributed by atoms with E-state index in [1.165, 1.54) is 12.5 Å². The van der Waals surface area contributed by atoms with Gasteiger partial charge in [0.1, 0.15) is 0 Å². The predicted octanol–water partition coefficient (Wildman–Crippen LogP) is 3.25. The largest absolute Gasteiger partial charge is 0.463 e. The maximum Gasteiger partial charge on any atom is 0.316 e. The number of rotatable bonds is 7. The van der Waals surface area contributed by atoms with Crippen LogP contribution in [0.5, 0.6) is 6.01 Å². The standard InChI is InChI=1S/C19H25N3O2/c1-13(2)12-24-19-20-10-18(11-21-19)17-7-5-16(6-8-17)9-14(3)22-15(4)23/h5-8,10-11,13-14H,9,12H2,1-4H3,(H,22,23). The molecular weight excluding hydrogens is 302 g/mol. The summed E-state index contributed by atoms with van der Waals surface area (Å²) in [6.45, 7) is 8.32. The summed E-state index contributed by atoms with van der Waals surface area (Å²) in [7, 11) is 0. The highest BCUT2D eigenvalue weighted by Gasteiger charge is 2.06. The first kappa shape index (κ1) is 17.9. The van der Waals surface area contributed by atoms with Crippen molar-refractivity contribution in [3.63, 3.8) is 0 Å². The van der Waals surface area contributed by atoms with Crippen molar-refractivity contribution in [2.75, 3.05) is 6.61 Å². The second-order valence-corrected chi connectivity index (χ2v) is 6.46. The van der Waals surface area contributed by atoms with Gasteiger partial charge in [-0.25, -0.2) is 9.97 Å². The first-order valence-corrected chi connectivity index (χ1v) is 8.25. The molecule has 0 bridgehead atoms. The molecule has 0 radical (unpaired) electrons. The van der Waals surface area contributed by atoms with Crippen molar-refractivity contribution in [2.45, 2.75) is 40.2 Å². The summed E-state index contributed by atoms with van der Waals surface area (Å²) in [4.78, 5) is 19.6. The van der Waals surface area contributed by atoms with Crippen LogP contribution in [0.25, 0.3) is 11.1 Å². The van der Waals surface area contributed by atoms with Gasteiger partial charge in [-0.3, -0.25) is 4.79 Å². The molecule has 128 valence electrons. The van der Waals surface area contributed by atoms with Crippen LogP contribution in [0.3, 0.4) is 0 Å². The van der Waals surface area contributed by atoms with Crippen molar-refractivity contribution >= 4 is 5.91 Å². The average molecular weight is 327 g/mol. The highest BCUT2D eigenvalue weighted by molar-refractivity contribution is 5.73. The summed E-state index contributed by atoms with van der Waals surface area (Å²) in [6.07, 6.45) is 4.35. The third-order valence-electron chi connectivity index (χ3n) is 3.45. The quantitative estimate of drug-likeness (QED) is 0.848. The van der Waals surface area contributed by atoms with E-state index < -0.39 is 0 Å². The maximum absolute atomic E-state index is 11.1. The van der Waals surface area contributed by atoms with Gasteiger partial charge in [0.25, 0.3) is 0 Å². The fourth-order valence-corrected chi connectivity index (χ4v) is 2.37. The number of amides is 1. The van der Waals surface area contributed by atoms with Crippen molar-refractivity contribution in [3.05, 3.63) is 42.2 Å². The smallest absolute Gasteiger partial charge is 0.316 e. The van der Waals surface area contributed by atoms with Gasteiger partial charge in [0, 0.05) is 30.9 Å². The lowest BCUT2D eigenvalue weighted by molar-refractivity contribution is -0.119. The zero-order chi connectivity index (χ0) is 17.5. The Balaban J connectivity index is 1.98. The molecule has 1 heterocycles. The van der Waals surface area contributed by atoms with E-state index in [0.717, 1.165) is 17.5 Å². The van der Waals surface area contributed by atoms with Gasteiger partial charge in [-0.2, -0.15) is 0 Å². The molecular formula is C19H25N3O2. The zero-order valence-electron chi connectivity index (χ0n) is 14.7. The molecule has 2 rings (SSSR count). The van der Waals surface area contributed by atoms with Crippen LogP contribution < -0.4 is 10.1 Å². The van der Waals surface area contributed by atoms with Gasteiger partial charge >= 0.3 is 6.01 Å². The molecule has 5 heteroatoms. The van der Waals surface area contributed by atoms with E-state index in [4.69, 9.17) is 4.74 Å². The Hall–Kier alpha value is -2.43. The molecule has 0 spiro atoms. The van der Waals surface area contributed by atoms with Gasteiger partial charge in [-0.15, -0.1) is 0 Å². The van der Waals surface area contributed by atoms with E-state index in [-0.39, 0.29) is 11.9 Å². The summed E-state index contributed by atoms with van der Waals surface area (Å²) < 4.78 is 5.50. The number of hydrogen-bond acceptors (Lipinski definition) is 4. The molecule has 5 nitrogen and oxygen atoms in total. The summed E-state index contributed by atoms with van der Waals surface area (Å²) in [6, 6.07) is 8.75. The molecule has 0 aliphatic heterocycles. The highest BCUT2D eigenvalue weighted by Crippen LogP contribution is 2.20. The van der Waals surface area contributed by atoms with E-state index in [2.05, 4.69) is 41.3 Å². The summed E-state index contributed by atoms with van der Waals surface area (Å²) >= 11 is 0. The molecule has 1 aromatic heterocycles. The van der Waals surface area contributed by atoms with Crippen molar-refractivity contribution in [1.82, 2.24) is 15.3 Å². The highest BCUT2D eigenvalue weighted by atomic mass is 16.5. The van der Waals surface area contributed by atoms with Gasteiger partial charge in [0.2, 0.25) is 5.91 Å². The predicted molar refractivity (Wildman–Crippen MR) is 94.8 cm³/mol. The maximum atomic E-state index is 11.1. The summed E-state index contributed by atoms with van der Waals surface area (Å²) in [5, 5.41) is 2.89. The number of carbonyl (C=O) groups is 1. The normalized spacial score (nSPS) is 12.0. The van der Waals surface area contributed by atoms with Crippen LogP contribution in [0.2, 0.25) is 0 Å². The molecule has 0 aliphatic carbocycles. The number of ether oxygens (including phenoxy) is 1. The Labute approximate surface area is 143 Å². The Morgan fingerprint density at radius 3 is 2.25 bits per heavy atom. The molecule has 0 fully saturated rings. The molecule has 0 aliphatic rings. The molecule has 1 aromatic carbocycles. The fraction of sp³-hybridized carbons (Fsp3) is 0.421. The minimum atomic E-state index is -0.00366. The lowest BCUT2D eigenvalue weighted by Crippen LogP contribution is -2.31. The number of hydrogen-bond donors (Lipinski definition) is 1. The van der Waals surface area contributed by atoms with Crippen LogP contribution in [-0.2, 0) is 11.2 Å². The fourth-order valence-electron chi connectivity index (χ4n) is 2.37. The van der Waals surface area contributed by atoms with Crippen molar-refractivity contribution in [3.8, 4) is 17.1 Å². The van der Waals surface area contributed by atoms with Crippen molar-refractivity contribution in [2.24, 2.45) is 5.92 Å². The summed E-state index contributed by atoms with van der Waals surface area (Å²) in [5.41, 5.74) is 3.19. The van der Waals surface area contributed by atoms with Gasteiger partial charge in [0.15, 0.2) is 0 Å². The SMILES string of the molecule is CC(=O)NC(C)Cc1ccc(-c2cnc(OCC(C)C)nc2)cc1. The number of nitrogens with one attached hydrogen (secondary N) is 1. The Kier molecular flexibility index (Phi) is 6.29. The third kappa shape index (κ3) is 5.65. The first-order chi connectivity index (χ1) is 11.4. The molecule has 1 N–H and O–H groups in total. The van der Waals surface area contributed by atoms with Crippen molar-refractivity contribution in [1.29, 1.82) is 0 Å². The summed E-state index contributed by atoms with van der Waals surface area (Å²) in [5.74, 6) is 0.441. The zero-order valence-corrected chi connectivity index (χ0v) is 14.7. The third-order valence-corrected chi connectivity index (χ3v) is 3.45. The van der Waals surface area contributed by atoms with Crippen LogP contribution in [0, 0.1) is 5.92 Å². The van der Waals surface area contributed by atoms with Crippen LogP contribution in [0.4, 0.5) is 0 Å². The minimum absolute atomic E-state index is 0.00366. The number of nitrogens with zero attached hydrogens (tertiary/aromatic N) is 2. The topological polar surface area (TPSA) is 64.1 Å². The average Bonchev–Trinajstić information content (AvgIpc) is 2.53. The van der Waals surface area contributed by atoms with Gasteiger partial charge < -0.3 is 10.1 Å². The number of carbonyl (C=O) groups excluding carboxylic acids is 1. The van der Waals surface area contributed by atoms with Gasteiger partial charge in [0.05, 0.1) is 6.61 Å². The van der Waals surface area contributed by atoms with E-state index in [0.29, 0.717) is 18.5 Å². The van der Waals surface area contributed by atoms with Crippen LogP contribution in [-0.4, -0.2) is 28.5 Å². The Bertz CT molecular complexity index is 651. The Morgan fingerprint density at radius 1 is 1.08 bits per heavy atom. The monoisotopic (exact) mass is 327 g/mol. The van der Waals surface area contributed by atoms with Crippen LogP contribution in [0.15, 0.2) is 36.7 Å². The van der Waals surface area contributed by atoms with Crippen LogP contribution in [0.1, 0.15) is 33.3 Å². The molecule has 1 unspecified atom stereocenters. The molecule has 2 aromatic rings. The Morgan fingerprint density at radius 2 is 1.71 bits per heavy atom. The molecule has 1 amide bonds. The molecule has 1 atom stereocenters. The second kappa shape index (κ2) is 8.43. The molecule has 24 heavy (non-hydrogen) atoms. The van der Waals surface area contributed by atoms with Gasteiger partial charge in [-0.1, -0.05) is 38.1 Å². The number of aromatic nitrogens is 2.